The van der Waals surface area contributed by atoms with Crippen LogP contribution >= 0.6 is 0 Å². The van der Waals surface area contributed by atoms with E-state index in [0.29, 0.717) is 17.7 Å². The van der Waals surface area contributed by atoms with Gasteiger partial charge < -0.3 is 20.1 Å². The van der Waals surface area contributed by atoms with E-state index >= 15 is 0 Å². The Bertz CT molecular complexity index is 601. The number of rotatable bonds is 9. The molecule has 7 heteroatoms. The van der Waals surface area contributed by atoms with Gasteiger partial charge in [-0.1, -0.05) is 19.9 Å². The molecular weight excluding hydrogens is 324 g/mol. The van der Waals surface area contributed by atoms with Crippen molar-refractivity contribution in [2.75, 3.05) is 20.8 Å². The molecule has 7 nitrogen and oxygen atoms in total. The highest BCUT2D eigenvalue weighted by Crippen LogP contribution is 2.12. The molecule has 0 saturated carbocycles. The van der Waals surface area contributed by atoms with Crippen LogP contribution in [0.25, 0.3) is 0 Å². The normalized spacial score (nSPS) is 11.6. The van der Waals surface area contributed by atoms with Crippen molar-refractivity contribution in [3.63, 3.8) is 0 Å². The summed E-state index contributed by atoms with van der Waals surface area (Å²) in [5.74, 6) is -0.264. The van der Waals surface area contributed by atoms with E-state index in [1.807, 2.05) is 13.8 Å². The Kier molecular flexibility index (Phi) is 8.46. The maximum Gasteiger partial charge on any atom is 0.328 e. The molecule has 2 N–H and O–H groups in total. The summed E-state index contributed by atoms with van der Waals surface area (Å²) in [5.41, 5.74) is 0.451. The van der Waals surface area contributed by atoms with E-state index in [2.05, 4.69) is 10.6 Å². The summed E-state index contributed by atoms with van der Waals surface area (Å²) in [5, 5.41) is 5.31. The molecule has 0 aliphatic carbocycles. The van der Waals surface area contributed by atoms with E-state index in [4.69, 9.17) is 9.47 Å². The summed E-state index contributed by atoms with van der Waals surface area (Å²) in [6.07, 6.45) is 0.565. The van der Waals surface area contributed by atoms with Crippen LogP contribution in [0.15, 0.2) is 24.3 Å². The Morgan fingerprint density at radius 2 is 1.88 bits per heavy atom. The van der Waals surface area contributed by atoms with Gasteiger partial charge in [0.1, 0.15) is 11.8 Å². The summed E-state index contributed by atoms with van der Waals surface area (Å²) in [6.45, 7) is 4.07. The lowest BCUT2D eigenvalue weighted by Crippen LogP contribution is -2.43. The van der Waals surface area contributed by atoms with Gasteiger partial charge in [-0.05, 0) is 30.5 Å². The summed E-state index contributed by atoms with van der Waals surface area (Å²) >= 11 is 0. The summed E-state index contributed by atoms with van der Waals surface area (Å²) in [4.78, 5) is 35.7. The van der Waals surface area contributed by atoms with E-state index < -0.39 is 12.0 Å². The number of amides is 2. The minimum absolute atomic E-state index is 0.0707. The van der Waals surface area contributed by atoms with E-state index in [1.54, 1.807) is 24.3 Å². The molecule has 0 saturated heterocycles. The monoisotopic (exact) mass is 350 g/mol. The molecule has 138 valence electrons. The third-order valence-electron chi connectivity index (χ3n) is 3.50. The number of carbonyl (C=O) groups is 3. The Labute approximate surface area is 148 Å². The van der Waals surface area contributed by atoms with Crippen LogP contribution in [0.3, 0.4) is 0 Å². The Balaban J connectivity index is 2.47. The van der Waals surface area contributed by atoms with Crippen LogP contribution in [-0.2, 0) is 14.3 Å². The molecular formula is C18H26N2O5. The highest BCUT2D eigenvalue weighted by molar-refractivity contribution is 5.94. The third-order valence-corrected chi connectivity index (χ3v) is 3.50. The molecule has 1 rings (SSSR count). The minimum atomic E-state index is -0.674. The van der Waals surface area contributed by atoms with Gasteiger partial charge in [-0.15, -0.1) is 0 Å². The first kappa shape index (κ1) is 20.5. The first-order valence-electron chi connectivity index (χ1n) is 8.16. The lowest BCUT2D eigenvalue weighted by Gasteiger charge is -2.18. The highest BCUT2D eigenvalue weighted by atomic mass is 16.5. The highest BCUT2D eigenvalue weighted by Gasteiger charge is 2.22. The van der Waals surface area contributed by atoms with Crippen molar-refractivity contribution in [3.8, 4) is 5.75 Å². The molecule has 0 spiro atoms. The van der Waals surface area contributed by atoms with Crippen LogP contribution < -0.4 is 15.4 Å². The van der Waals surface area contributed by atoms with Crippen molar-refractivity contribution in [2.45, 2.75) is 32.7 Å². The van der Waals surface area contributed by atoms with Crippen molar-refractivity contribution >= 4 is 17.8 Å². The largest absolute Gasteiger partial charge is 0.497 e. The van der Waals surface area contributed by atoms with Gasteiger partial charge in [0.05, 0.1) is 14.2 Å². The van der Waals surface area contributed by atoms with Crippen LogP contribution in [0.1, 0.15) is 37.0 Å². The van der Waals surface area contributed by atoms with Crippen LogP contribution in [0, 0.1) is 5.92 Å². The maximum absolute atomic E-state index is 12.0. The molecule has 1 aromatic carbocycles. The number of carbonyl (C=O) groups excluding carboxylic acids is 3. The van der Waals surface area contributed by atoms with Gasteiger partial charge in [-0.2, -0.15) is 0 Å². The van der Waals surface area contributed by atoms with Crippen LogP contribution in [-0.4, -0.2) is 44.6 Å². The van der Waals surface area contributed by atoms with Gasteiger partial charge >= 0.3 is 5.97 Å². The maximum atomic E-state index is 12.0. The minimum Gasteiger partial charge on any atom is -0.497 e. The van der Waals surface area contributed by atoms with E-state index in [-0.39, 0.29) is 30.7 Å². The second kappa shape index (κ2) is 10.3. The topological polar surface area (TPSA) is 93.7 Å². The number of methoxy groups -OCH3 is 2. The SMILES string of the molecule is COC(=O)[C@@H](CC(C)C)NC(=O)CCNC(=O)c1cccc(OC)c1. The van der Waals surface area contributed by atoms with Gasteiger partial charge in [0, 0.05) is 18.5 Å². The lowest BCUT2D eigenvalue weighted by molar-refractivity contribution is -0.145. The summed E-state index contributed by atoms with van der Waals surface area (Å²) in [6, 6.07) is 6.06. The number of benzene rings is 1. The Morgan fingerprint density at radius 1 is 1.16 bits per heavy atom. The van der Waals surface area contributed by atoms with Crippen molar-refractivity contribution in [2.24, 2.45) is 5.92 Å². The first-order valence-corrected chi connectivity index (χ1v) is 8.16. The average Bonchev–Trinajstić information content (AvgIpc) is 2.59. The molecule has 0 aromatic heterocycles. The fraction of sp³-hybridized carbons (Fsp3) is 0.500. The average molecular weight is 350 g/mol. The molecule has 0 aliphatic heterocycles. The zero-order valence-electron chi connectivity index (χ0n) is 15.1. The van der Waals surface area contributed by atoms with Gasteiger partial charge in [0.25, 0.3) is 5.91 Å². The molecule has 0 fully saturated rings. The standard InChI is InChI=1S/C18H26N2O5/c1-12(2)10-15(18(23)25-4)20-16(21)8-9-19-17(22)13-6-5-7-14(11-13)24-3/h5-7,11-12,15H,8-10H2,1-4H3,(H,19,22)(H,20,21)/t15-/m1/s1. The first-order chi connectivity index (χ1) is 11.9. The zero-order chi connectivity index (χ0) is 18.8. The van der Waals surface area contributed by atoms with Crippen LogP contribution in [0.5, 0.6) is 5.75 Å². The quantitative estimate of drug-likeness (QED) is 0.659. The predicted octanol–water partition coefficient (Wildman–Crippen LogP) is 1.52. The Morgan fingerprint density at radius 3 is 2.48 bits per heavy atom. The van der Waals surface area contributed by atoms with Crippen molar-refractivity contribution < 1.29 is 23.9 Å². The molecule has 0 radical (unpaired) electrons. The van der Waals surface area contributed by atoms with Crippen LogP contribution in [0.2, 0.25) is 0 Å². The molecule has 25 heavy (non-hydrogen) atoms. The van der Waals surface area contributed by atoms with E-state index in [9.17, 15) is 14.4 Å². The fourth-order valence-corrected chi connectivity index (χ4v) is 2.25. The third kappa shape index (κ3) is 7.24. The molecule has 0 unspecified atom stereocenters. The van der Waals surface area contributed by atoms with Gasteiger partial charge in [-0.25, -0.2) is 4.79 Å². The second-order valence-electron chi connectivity index (χ2n) is 6.01. The number of hydrogen-bond donors (Lipinski definition) is 2. The molecule has 0 bridgehead atoms. The zero-order valence-corrected chi connectivity index (χ0v) is 15.1. The van der Waals surface area contributed by atoms with Crippen LogP contribution in [0.4, 0.5) is 0 Å². The van der Waals surface area contributed by atoms with Gasteiger partial charge in [0.2, 0.25) is 5.91 Å². The second-order valence-corrected chi connectivity index (χ2v) is 6.01. The molecule has 1 aromatic rings. The number of hydrogen-bond acceptors (Lipinski definition) is 5. The molecule has 1 atom stereocenters. The molecule has 0 heterocycles. The summed E-state index contributed by atoms with van der Waals surface area (Å²) < 4.78 is 9.77. The van der Waals surface area contributed by atoms with Gasteiger partial charge in [-0.3, -0.25) is 9.59 Å². The van der Waals surface area contributed by atoms with Gasteiger partial charge in [0.15, 0.2) is 0 Å². The number of ether oxygens (including phenoxy) is 2. The number of nitrogens with one attached hydrogen (secondary N) is 2. The fourth-order valence-electron chi connectivity index (χ4n) is 2.25. The van der Waals surface area contributed by atoms with E-state index in [0.717, 1.165) is 0 Å². The smallest absolute Gasteiger partial charge is 0.328 e. The Hall–Kier alpha value is -2.57. The van der Waals surface area contributed by atoms with E-state index in [1.165, 1.54) is 14.2 Å². The van der Waals surface area contributed by atoms with Crippen molar-refractivity contribution in [1.29, 1.82) is 0 Å². The van der Waals surface area contributed by atoms with Crippen molar-refractivity contribution in [3.05, 3.63) is 29.8 Å². The van der Waals surface area contributed by atoms with Crippen molar-refractivity contribution in [1.82, 2.24) is 10.6 Å². The molecule has 0 aliphatic rings. The summed E-state index contributed by atoms with van der Waals surface area (Å²) in [7, 11) is 2.81. The molecule has 2 amide bonds. The predicted molar refractivity (Wildman–Crippen MR) is 93.3 cm³/mol. The number of esters is 1. The lowest BCUT2D eigenvalue weighted by atomic mass is 10.0.